The Bertz CT molecular complexity index is 687. The number of benzene rings is 1. The Hall–Kier alpha value is -2.05. The monoisotopic (exact) mass is 368 g/mol. The summed E-state index contributed by atoms with van der Waals surface area (Å²) in [6.07, 6.45) is -2.74. The van der Waals surface area contributed by atoms with Gasteiger partial charge in [0.1, 0.15) is 0 Å². The summed E-state index contributed by atoms with van der Waals surface area (Å²) in [4.78, 5) is 28.5. The molecule has 3 rings (SSSR count). The molecule has 2 heterocycles. The summed E-state index contributed by atoms with van der Waals surface area (Å²) >= 11 is 0. The van der Waals surface area contributed by atoms with Crippen molar-refractivity contribution in [1.29, 1.82) is 0 Å². The fraction of sp³-hybridized carbons (Fsp3) is 0.579. The summed E-state index contributed by atoms with van der Waals surface area (Å²) < 4.78 is 38.5. The van der Waals surface area contributed by atoms with Gasteiger partial charge in [0.2, 0.25) is 11.8 Å². The summed E-state index contributed by atoms with van der Waals surface area (Å²) in [5, 5.41) is 0. The number of amides is 2. The van der Waals surface area contributed by atoms with Crippen LogP contribution in [-0.2, 0) is 15.8 Å². The van der Waals surface area contributed by atoms with Crippen LogP contribution in [0.3, 0.4) is 0 Å². The molecule has 0 spiro atoms. The van der Waals surface area contributed by atoms with Crippen molar-refractivity contribution in [3.8, 4) is 0 Å². The second-order valence-electron chi connectivity index (χ2n) is 7.39. The smallest absolute Gasteiger partial charge is 0.342 e. The van der Waals surface area contributed by atoms with Crippen molar-refractivity contribution in [2.24, 2.45) is 11.8 Å². The van der Waals surface area contributed by atoms with E-state index >= 15 is 0 Å². The molecule has 1 aromatic rings. The number of carbonyl (C=O) groups is 2. The summed E-state index contributed by atoms with van der Waals surface area (Å²) in [6.45, 7) is 3.50. The van der Waals surface area contributed by atoms with E-state index in [-0.39, 0.29) is 18.2 Å². The number of alkyl halides is 3. The van der Waals surface area contributed by atoms with Crippen LogP contribution in [0.1, 0.15) is 43.4 Å². The highest BCUT2D eigenvalue weighted by Gasteiger charge is 2.42. The van der Waals surface area contributed by atoms with Gasteiger partial charge in [0.25, 0.3) is 0 Å². The maximum absolute atomic E-state index is 13.0. The molecule has 0 aliphatic carbocycles. The highest BCUT2D eigenvalue weighted by Crippen LogP contribution is 2.39. The number of halogens is 3. The first-order chi connectivity index (χ1) is 12.2. The van der Waals surface area contributed by atoms with E-state index in [2.05, 4.69) is 6.92 Å². The lowest BCUT2D eigenvalue weighted by atomic mass is 9.83. The lowest BCUT2D eigenvalue weighted by Gasteiger charge is -2.40. The average Bonchev–Trinajstić information content (AvgIpc) is 3.02. The van der Waals surface area contributed by atoms with Crippen molar-refractivity contribution in [3.05, 3.63) is 35.4 Å². The Morgan fingerprint density at radius 1 is 1.15 bits per heavy atom. The predicted molar refractivity (Wildman–Crippen MR) is 90.0 cm³/mol. The molecule has 2 aliphatic rings. The number of hydrogen-bond donors (Lipinski definition) is 0. The second kappa shape index (κ2) is 6.93. The van der Waals surface area contributed by atoms with Gasteiger partial charge in [-0.2, -0.15) is 13.2 Å². The van der Waals surface area contributed by atoms with Crippen LogP contribution in [0.4, 0.5) is 13.2 Å². The van der Waals surface area contributed by atoms with Gasteiger partial charge < -0.3 is 9.80 Å². The van der Waals surface area contributed by atoms with Crippen molar-refractivity contribution >= 4 is 11.8 Å². The first-order valence-electron chi connectivity index (χ1n) is 8.90. The van der Waals surface area contributed by atoms with Crippen LogP contribution in [-0.4, -0.2) is 41.8 Å². The third kappa shape index (κ3) is 3.57. The van der Waals surface area contributed by atoms with Crippen LogP contribution >= 0.6 is 0 Å². The topological polar surface area (TPSA) is 40.6 Å². The zero-order valence-corrected chi connectivity index (χ0v) is 14.9. The molecule has 0 radical (unpaired) electrons. The van der Waals surface area contributed by atoms with Gasteiger partial charge in [0, 0.05) is 26.6 Å². The second-order valence-corrected chi connectivity index (χ2v) is 7.39. The van der Waals surface area contributed by atoms with Crippen LogP contribution in [0.2, 0.25) is 0 Å². The molecular weight excluding hydrogens is 345 g/mol. The van der Waals surface area contributed by atoms with Gasteiger partial charge in [-0.3, -0.25) is 9.59 Å². The number of likely N-dealkylation sites (tertiary alicyclic amines) is 2. The van der Waals surface area contributed by atoms with Crippen molar-refractivity contribution in [2.75, 3.05) is 20.1 Å². The van der Waals surface area contributed by atoms with Gasteiger partial charge in [0.05, 0.1) is 17.5 Å². The van der Waals surface area contributed by atoms with E-state index in [1.54, 1.807) is 7.05 Å². The molecule has 2 amide bonds. The summed E-state index contributed by atoms with van der Waals surface area (Å²) in [6, 6.07) is 4.27. The molecule has 4 nitrogen and oxygen atoms in total. The highest BCUT2D eigenvalue weighted by atomic mass is 19.4. The average molecular weight is 368 g/mol. The normalized spacial score (nSPS) is 27.1. The number of hydrogen-bond acceptors (Lipinski definition) is 2. The van der Waals surface area contributed by atoms with Crippen molar-refractivity contribution in [3.63, 3.8) is 0 Å². The number of piperidine rings is 1. The number of rotatable bonds is 2. The standard InChI is InChI=1S/C19H23F3N2O2/c1-12-9-10-24(11-12)18(26)15-7-8-16(25)23(2)17(15)13-3-5-14(6-4-13)19(20,21)22/h3-6,12,15,17H,7-11H2,1-2H3. The van der Waals surface area contributed by atoms with E-state index in [9.17, 15) is 22.8 Å². The number of carbonyl (C=O) groups excluding carboxylic acids is 2. The van der Waals surface area contributed by atoms with E-state index in [1.807, 2.05) is 4.90 Å². The van der Waals surface area contributed by atoms with Crippen molar-refractivity contribution in [1.82, 2.24) is 9.80 Å². The zero-order valence-electron chi connectivity index (χ0n) is 14.9. The van der Waals surface area contributed by atoms with Gasteiger partial charge in [-0.05, 0) is 36.5 Å². The Labute approximate surface area is 151 Å². The molecule has 3 unspecified atom stereocenters. The Balaban J connectivity index is 1.88. The maximum atomic E-state index is 13.0. The fourth-order valence-electron chi connectivity index (χ4n) is 3.99. The van der Waals surface area contributed by atoms with Crippen molar-refractivity contribution in [2.45, 2.75) is 38.4 Å². The molecule has 3 atom stereocenters. The van der Waals surface area contributed by atoms with Gasteiger partial charge in [0.15, 0.2) is 0 Å². The minimum Gasteiger partial charge on any atom is -0.342 e. The zero-order chi connectivity index (χ0) is 19.1. The highest BCUT2D eigenvalue weighted by molar-refractivity contribution is 5.85. The molecule has 0 aromatic heterocycles. The van der Waals surface area contributed by atoms with Crippen LogP contribution in [0.15, 0.2) is 24.3 Å². The van der Waals surface area contributed by atoms with Crippen molar-refractivity contribution < 1.29 is 22.8 Å². The first-order valence-corrected chi connectivity index (χ1v) is 8.90. The van der Waals surface area contributed by atoms with Crippen LogP contribution in [0.5, 0.6) is 0 Å². The van der Waals surface area contributed by atoms with E-state index < -0.39 is 23.7 Å². The van der Waals surface area contributed by atoms with Gasteiger partial charge in [-0.25, -0.2) is 0 Å². The molecule has 0 saturated carbocycles. The van der Waals surface area contributed by atoms with E-state index in [4.69, 9.17) is 0 Å². The van der Waals surface area contributed by atoms with Gasteiger partial charge >= 0.3 is 6.18 Å². The lowest BCUT2D eigenvalue weighted by Crippen LogP contribution is -2.47. The van der Waals surface area contributed by atoms with Crippen LogP contribution < -0.4 is 0 Å². The van der Waals surface area contributed by atoms with Crippen LogP contribution in [0, 0.1) is 11.8 Å². The summed E-state index contributed by atoms with van der Waals surface area (Å²) in [7, 11) is 1.62. The van der Waals surface area contributed by atoms with E-state index in [0.29, 0.717) is 31.0 Å². The molecule has 0 bridgehead atoms. The molecule has 0 N–H and O–H groups in total. The number of nitrogens with zero attached hydrogens (tertiary/aromatic N) is 2. The minimum absolute atomic E-state index is 0.00130. The van der Waals surface area contributed by atoms with Crippen LogP contribution in [0.25, 0.3) is 0 Å². The molecule has 2 fully saturated rings. The largest absolute Gasteiger partial charge is 0.416 e. The molecule has 2 aliphatic heterocycles. The minimum atomic E-state index is -4.41. The Kier molecular flexibility index (Phi) is 4.99. The molecule has 2 saturated heterocycles. The quantitative estimate of drug-likeness (QED) is 0.802. The van der Waals surface area contributed by atoms with E-state index in [1.165, 1.54) is 17.0 Å². The lowest BCUT2D eigenvalue weighted by molar-refractivity contribution is -0.146. The van der Waals surface area contributed by atoms with Gasteiger partial charge in [-0.1, -0.05) is 19.1 Å². The Morgan fingerprint density at radius 2 is 1.81 bits per heavy atom. The molecule has 7 heteroatoms. The summed E-state index contributed by atoms with van der Waals surface area (Å²) in [5.74, 6) is -0.0570. The third-order valence-electron chi connectivity index (χ3n) is 5.49. The first kappa shape index (κ1) is 18.7. The molecule has 1 aromatic carbocycles. The maximum Gasteiger partial charge on any atom is 0.416 e. The molecular formula is C19H23F3N2O2. The SMILES string of the molecule is CC1CCN(C(=O)C2CCC(=O)N(C)C2c2ccc(C(F)(F)F)cc2)C1. The summed E-state index contributed by atoms with van der Waals surface area (Å²) in [5.41, 5.74) is -0.165. The third-order valence-corrected chi connectivity index (χ3v) is 5.49. The Morgan fingerprint density at radius 3 is 2.35 bits per heavy atom. The fourth-order valence-corrected chi connectivity index (χ4v) is 3.99. The molecule has 142 valence electrons. The molecule has 26 heavy (non-hydrogen) atoms. The van der Waals surface area contributed by atoms with Gasteiger partial charge in [-0.15, -0.1) is 0 Å². The van der Waals surface area contributed by atoms with E-state index in [0.717, 1.165) is 18.6 Å². The predicted octanol–water partition coefficient (Wildman–Crippen LogP) is 3.48.